The van der Waals surface area contributed by atoms with Gasteiger partial charge in [-0.3, -0.25) is 4.79 Å². The summed E-state index contributed by atoms with van der Waals surface area (Å²) in [6.45, 7) is 5.80. The maximum Gasteiger partial charge on any atom is 0.309 e. The molecule has 0 atom stereocenters. The topological polar surface area (TPSA) is 74.7 Å². The molecule has 1 aliphatic heterocycles. The first kappa shape index (κ1) is 16.4. The largest absolute Gasteiger partial charge is 0.481 e. The van der Waals surface area contributed by atoms with E-state index in [0.717, 1.165) is 25.9 Å². The molecule has 0 saturated carbocycles. The summed E-state index contributed by atoms with van der Waals surface area (Å²) >= 11 is 0. The van der Waals surface area contributed by atoms with Crippen LogP contribution in [0.25, 0.3) is 0 Å². The van der Waals surface area contributed by atoms with Gasteiger partial charge in [0, 0.05) is 6.54 Å². The maximum absolute atomic E-state index is 11.5. The number of sulfone groups is 1. The lowest BCUT2D eigenvalue weighted by Gasteiger charge is -2.21. The molecule has 0 bridgehead atoms. The van der Waals surface area contributed by atoms with Gasteiger partial charge in [-0.2, -0.15) is 0 Å². The van der Waals surface area contributed by atoms with Crippen molar-refractivity contribution in [3.8, 4) is 0 Å². The summed E-state index contributed by atoms with van der Waals surface area (Å²) in [7, 11) is -2.84. The number of aliphatic carboxylic acids is 1. The van der Waals surface area contributed by atoms with Crippen LogP contribution in [0.15, 0.2) is 0 Å². The number of rotatable bonds is 6. The van der Waals surface area contributed by atoms with Crippen LogP contribution in [-0.2, 0) is 14.6 Å². The average Bonchev–Trinajstić information content (AvgIpc) is 2.46. The zero-order valence-electron chi connectivity index (χ0n) is 11.9. The van der Waals surface area contributed by atoms with Crippen molar-refractivity contribution in [2.24, 2.45) is 5.41 Å². The van der Waals surface area contributed by atoms with Crippen LogP contribution in [0.3, 0.4) is 0 Å². The molecule has 0 aromatic carbocycles. The third kappa shape index (κ3) is 5.91. The molecular formula is C13H25NO4S. The molecule has 19 heavy (non-hydrogen) atoms. The van der Waals surface area contributed by atoms with Crippen LogP contribution in [0.5, 0.6) is 0 Å². The Morgan fingerprint density at radius 1 is 1.21 bits per heavy atom. The van der Waals surface area contributed by atoms with Crippen LogP contribution >= 0.6 is 0 Å². The molecule has 0 spiro atoms. The highest BCUT2D eigenvalue weighted by atomic mass is 32.2. The molecule has 1 rings (SSSR count). The minimum atomic E-state index is -2.84. The molecular weight excluding hydrogens is 266 g/mol. The molecule has 112 valence electrons. The fourth-order valence-electron chi connectivity index (χ4n) is 2.22. The van der Waals surface area contributed by atoms with Crippen molar-refractivity contribution in [1.82, 2.24) is 4.90 Å². The van der Waals surface area contributed by atoms with Gasteiger partial charge >= 0.3 is 5.97 Å². The summed E-state index contributed by atoms with van der Waals surface area (Å²) in [4.78, 5) is 13.1. The van der Waals surface area contributed by atoms with E-state index in [1.165, 1.54) is 0 Å². The van der Waals surface area contributed by atoms with Crippen molar-refractivity contribution in [2.45, 2.75) is 39.5 Å². The predicted octanol–water partition coefficient (Wildman–Crippen LogP) is 1.39. The van der Waals surface area contributed by atoms with E-state index in [-0.39, 0.29) is 5.75 Å². The monoisotopic (exact) mass is 291 g/mol. The number of hydrogen-bond acceptors (Lipinski definition) is 4. The number of carboxylic acids is 1. The highest BCUT2D eigenvalue weighted by molar-refractivity contribution is 7.91. The van der Waals surface area contributed by atoms with Gasteiger partial charge in [-0.25, -0.2) is 8.42 Å². The second-order valence-electron chi connectivity index (χ2n) is 5.99. The van der Waals surface area contributed by atoms with E-state index in [1.807, 2.05) is 0 Å². The second-order valence-corrected chi connectivity index (χ2v) is 8.30. The van der Waals surface area contributed by atoms with Crippen molar-refractivity contribution in [1.29, 1.82) is 0 Å². The van der Waals surface area contributed by atoms with Crippen LogP contribution in [-0.4, -0.2) is 55.5 Å². The van der Waals surface area contributed by atoms with Gasteiger partial charge in [-0.15, -0.1) is 0 Å². The molecule has 1 N–H and O–H groups in total. The number of carboxylic acid groups (broad SMARTS) is 1. The zero-order chi connectivity index (χ0) is 14.5. The predicted molar refractivity (Wildman–Crippen MR) is 75.0 cm³/mol. The van der Waals surface area contributed by atoms with Crippen molar-refractivity contribution < 1.29 is 18.3 Å². The van der Waals surface area contributed by atoms with E-state index in [0.29, 0.717) is 25.1 Å². The molecule has 1 fully saturated rings. The molecule has 0 amide bonds. The van der Waals surface area contributed by atoms with Crippen LogP contribution in [0.4, 0.5) is 0 Å². The molecule has 0 aromatic rings. The summed E-state index contributed by atoms with van der Waals surface area (Å²) in [5.74, 6) is -0.197. The molecule has 0 aromatic heterocycles. The molecule has 0 aliphatic carbocycles. The Labute approximate surface area is 115 Å². The molecule has 1 heterocycles. The van der Waals surface area contributed by atoms with E-state index in [1.54, 1.807) is 13.8 Å². The number of hydrogen-bond donors (Lipinski definition) is 1. The smallest absolute Gasteiger partial charge is 0.309 e. The number of nitrogens with zero attached hydrogens (tertiary/aromatic N) is 1. The molecule has 1 saturated heterocycles. The first-order valence-corrected chi connectivity index (χ1v) is 8.71. The van der Waals surface area contributed by atoms with Crippen molar-refractivity contribution in [3.05, 3.63) is 0 Å². The first-order chi connectivity index (χ1) is 8.73. The molecule has 0 radical (unpaired) electrons. The molecule has 1 aliphatic rings. The zero-order valence-corrected chi connectivity index (χ0v) is 12.7. The van der Waals surface area contributed by atoms with Gasteiger partial charge in [0.25, 0.3) is 0 Å². The Kier molecular flexibility index (Phi) is 5.80. The standard InChI is InChI=1S/C13H25NO4S/c1-13(2,12(15)16)6-3-4-7-14-8-5-10-19(17,18)11-9-14/h3-11H2,1-2H3,(H,15,16). The fourth-order valence-corrected chi connectivity index (χ4v) is 3.53. The van der Waals surface area contributed by atoms with Gasteiger partial charge in [0.15, 0.2) is 9.84 Å². The van der Waals surface area contributed by atoms with Crippen LogP contribution in [0.1, 0.15) is 39.5 Å². The minimum Gasteiger partial charge on any atom is -0.481 e. The molecule has 0 unspecified atom stereocenters. The van der Waals surface area contributed by atoms with Gasteiger partial charge < -0.3 is 10.0 Å². The Hall–Kier alpha value is -0.620. The van der Waals surface area contributed by atoms with Gasteiger partial charge in [0.2, 0.25) is 0 Å². The van der Waals surface area contributed by atoms with Gasteiger partial charge in [0.1, 0.15) is 0 Å². The third-order valence-electron chi connectivity index (χ3n) is 3.75. The van der Waals surface area contributed by atoms with Gasteiger partial charge in [0.05, 0.1) is 16.9 Å². The van der Waals surface area contributed by atoms with Crippen LogP contribution in [0.2, 0.25) is 0 Å². The van der Waals surface area contributed by atoms with Gasteiger partial charge in [-0.1, -0.05) is 6.42 Å². The lowest BCUT2D eigenvalue weighted by molar-refractivity contribution is -0.147. The molecule has 5 nitrogen and oxygen atoms in total. The van der Waals surface area contributed by atoms with Crippen molar-refractivity contribution >= 4 is 15.8 Å². The Bertz CT molecular complexity index is 403. The highest BCUT2D eigenvalue weighted by Gasteiger charge is 2.26. The first-order valence-electron chi connectivity index (χ1n) is 6.89. The normalized spacial score (nSPS) is 20.9. The SMILES string of the molecule is CC(C)(CCCCN1CCCS(=O)(=O)CC1)C(=O)O. The van der Waals surface area contributed by atoms with Crippen molar-refractivity contribution in [2.75, 3.05) is 31.1 Å². The van der Waals surface area contributed by atoms with E-state index in [9.17, 15) is 13.2 Å². The summed E-state index contributed by atoms with van der Waals surface area (Å²) < 4.78 is 22.9. The van der Waals surface area contributed by atoms with Crippen LogP contribution in [0, 0.1) is 5.41 Å². The summed E-state index contributed by atoms with van der Waals surface area (Å²) in [6, 6.07) is 0. The third-order valence-corrected chi connectivity index (χ3v) is 5.47. The van der Waals surface area contributed by atoms with Gasteiger partial charge in [-0.05, 0) is 46.2 Å². The van der Waals surface area contributed by atoms with E-state index in [2.05, 4.69) is 4.90 Å². The van der Waals surface area contributed by atoms with E-state index >= 15 is 0 Å². The maximum atomic E-state index is 11.5. The Balaban J connectivity index is 2.25. The van der Waals surface area contributed by atoms with Crippen molar-refractivity contribution in [3.63, 3.8) is 0 Å². The lowest BCUT2D eigenvalue weighted by Crippen LogP contribution is -2.29. The minimum absolute atomic E-state index is 0.258. The Morgan fingerprint density at radius 2 is 1.89 bits per heavy atom. The highest BCUT2D eigenvalue weighted by Crippen LogP contribution is 2.23. The average molecular weight is 291 g/mol. The number of carbonyl (C=O) groups is 1. The van der Waals surface area contributed by atoms with Crippen LogP contribution < -0.4 is 0 Å². The lowest BCUT2D eigenvalue weighted by atomic mass is 9.87. The molecule has 6 heteroatoms. The van der Waals surface area contributed by atoms with E-state index in [4.69, 9.17) is 5.11 Å². The summed E-state index contributed by atoms with van der Waals surface area (Å²) in [6.07, 6.45) is 3.16. The quantitative estimate of drug-likeness (QED) is 0.749. The number of unbranched alkanes of at least 4 members (excludes halogenated alkanes) is 1. The summed E-state index contributed by atoms with van der Waals surface area (Å²) in [5, 5.41) is 9.01. The van der Waals surface area contributed by atoms with E-state index < -0.39 is 21.2 Å². The fraction of sp³-hybridized carbons (Fsp3) is 0.923. The summed E-state index contributed by atoms with van der Waals surface area (Å²) in [5.41, 5.74) is -0.665. The second kappa shape index (κ2) is 6.70. The Morgan fingerprint density at radius 3 is 2.53 bits per heavy atom.